The minimum atomic E-state index is -0.151. The fraction of sp³-hybridized carbons (Fsp3) is 0.556. The van der Waals surface area contributed by atoms with Crippen molar-refractivity contribution in [1.82, 2.24) is 14.7 Å². The molecule has 6 heteroatoms. The van der Waals surface area contributed by atoms with Crippen molar-refractivity contribution in [3.63, 3.8) is 0 Å². The van der Waals surface area contributed by atoms with Crippen LogP contribution in [0.15, 0.2) is 18.2 Å². The molecule has 1 N–H and O–H groups in total. The van der Waals surface area contributed by atoms with Crippen LogP contribution in [0.1, 0.15) is 29.8 Å². The standard InChI is InChI=1S/C18H27N3O3/c1-4-20(5-2)17(23)13-19-8-10-21(11-9-19)18(24)15-7-6-14(3)12-16(15)22/h6-7,12,22H,4-5,8-11,13H2,1-3H3. The molecule has 6 nitrogen and oxygen atoms in total. The first-order chi connectivity index (χ1) is 11.5. The maximum atomic E-state index is 12.5. The molecule has 1 aliphatic rings. The number of aromatic hydroxyl groups is 1. The molecule has 0 saturated carbocycles. The second kappa shape index (κ2) is 8.15. The second-order valence-corrected chi connectivity index (χ2v) is 6.15. The highest BCUT2D eigenvalue weighted by Crippen LogP contribution is 2.21. The first kappa shape index (κ1) is 18.3. The predicted octanol–water partition coefficient (Wildman–Crippen LogP) is 1.33. The van der Waals surface area contributed by atoms with Crippen LogP contribution in [0, 0.1) is 6.92 Å². The van der Waals surface area contributed by atoms with E-state index in [1.807, 2.05) is 31.7 Å². The summed E-state index contributed by atoms with van der Waals surface area (Å²) in [6.45, 7) is 10.2. The summed E-state index contributed by atoms with van der Waals surface area (Å²) in [6, 6.07) is 5.10. The molecule has 1 fully saturated rings. The van der Waals surface area contributed by atoms with E-state index >= 15 is 0 Å². The van der Waals surface area contributed by atoms with Gasteiger partial charge in [0.05, 0.1) is 12.1 Å². The molecule has 0 radical (unpaired) electrons. The Bertz CT molecular complexity index is 591. The van der Waals surface area contributed by atoms with E-state index in [1.54, 1.807) is 17.0 Å². The van der Waals surface area contributed by atoms with Crippen molar-refractivity contribution in [3.05, 3.63) is 29.3 Å². The topological polar surface area (TPSA) is 64.1 Å². The number of carbonyl (C=O) groups excluding carboxylic acids is 2. The van der Waals surface area contributed by atoms with Gasteiger partial charge in [-0.2, -0.15) is 0 Å². The lowest BCUT2D eigenvalue weighted by Crippen LogP contribution is -2.51. The number of likely N-dealkylation sites (N-methyl/N-ethyl adjacent to an activating group) is 1. The highest BCUT2D eigenvalue weighted by Gasteiger charge is 2.25. The summed E-state index contributed by atoms with van der Waals surface area (Å²) in [5.41, 5.74) is 1.26. The SMILES string of the molecule is CCN(CC)C(=O)CN1CCN(C(=O)c2ccc(C)cc2O)CC1. The third kappa shape index (κ3) is 4.26. The van der Waals surface area contributed by atoms with Gasteiger partial charge in [0, 0.05) is 39.3 Å². The Morgan fingerprint density at radius 3 is 2.29 bits per heavy atom. The van der Waals surface area contributed by atoms with Gasteiger partial charge in [-0.1, -0.05) is 6.07 Å². The number of rotatable bonds is 5. The van der Waals surface area contributed by atoms with E-state index in [4.69, 9.17) is 0 Å². The molecule has 0 atom stereocenters. The van der Waals surface area contributed by atoms with Crippen molar-refractivity contribution < 1.29 is 14.7 Å². The molecule has 1 aliphatic heterocycles. The predicted molar refractivity (Wildman–Crippen MR) is 93.1 cm³/mol. The van der Waals surface area contributed by atoms with Gasteiger partial charge < -0.3 is 14.9 Å². The summed E-state index contributed by atoms with van der Waals surface area (Å²) in [5, 5.41) is 9.97. The third-order valence-corrected chi connectivity index (χ3v) is 4.52. The monoisotopic (exact) mass is 333 g/mol. The summed E-state index contributed by atoms with van der Waals surface area (Å²) >= 11 is 0. The van der Waals surface area contributed by atoms with Crippen LogP contribution in [-0.2, 0) is 4.79 Å². The van der Waals surface area contributed by atoms with Gasteiger partial charge in [-0.25, -0.2) is 0 Å². The lowest BCUT2D eigenvalue weighted by atomic mass is 10.1. The number of phenolic OH excluding ortho intramolecular Hbond substituents is 1. The highest BCUT2D eigenvalue weighted by molar-refractivity contribution is 5.97. The quantitative estimate of drug-likeness (QED) is 0.883. The van der Waals surface area contributed by atoms with Gasteiger partial charge in [0.15, 0.2) is 0 Å². The van der Waals surface area contributed by atoms with Crippen molar-refractivity contribution in [2.45, 2.75) is 20.8 Å². The van der Waals surface area contributed by atoms with Gasteiger partial charge >= 0.3 is 0 Å². The van der Waals surface area contributed by atoms with E-state index in [0.29, 0.717) is 38.3 Å². The van der Waals surface area contributed by atoms with Gasteiger partial charge in [-0.3, -0.25) is 14.5 Å². The maximum absolute atomic E-state index is 12.5. The zero-order valence-corrected chi connectivity index (χ0v) is 14.8. The summed E-state index contributed by atoms with van der Waals surface area (Å²) in [7, 11) is 0. The van der Waals surface area contributed by atoms with E-state index in [2.05, 4.69) is 4.90 Å². The van der Waals surface area contributed by atoms with Gasteiger partial charge in [-0.15, -0.1) is 0 Å². The average molecular weight is 333 g/mol. The molecule has 1 saturated heterocycles. The van der Waals surface area contributed by atoms with Crippen LogP contribution in [0.25, 0.3) is 0 Å². The molecule has 0 spiro atoms. The fourth-order valence-electron chi connectivity index (χ4n) is 2.97. The molecule has 1 aromatic carbocycles. The van der Waals surface area contributed by atoms with E-state index < -0.39 is 0 Å². The van der Waals surface area contributed by atoms with Gasteiger partial charge in [-0.05, 0) is 38.5 Å². The van der Waals surface area contributed by atoms with E-state index in [-0.39, 0.29) is 17.6 Å². The number of amides is 2. The summed E-state index contributed by atoms with van der Waals surface area (Å²) in [4.78, 5) is 30.3. The lowest BCUT2D eigenvalue weighted by molar-refractivity contribution is -0.132. The molecule has 0 unspecified atom stereocenters. The number of hydrogen-bond donors (Lipinski definition) is 1. The number of hydrogen-bond acceptors (Lipinski definition) is 4. The summed E-state index contributed by atoms with van der Waals surface area (Å²) in [5.74, 6) is 0.0114. The molecular formula is C18H27N3O3. The first-order valence-corrected chi connectivity index (χ1v) is 8.55. The van der Waals surface area contributed by atoms with Crippen LogP contribution >= 0.6 is 0 Å². The molecular weight excluding hydrogens is 306 g/mol. The van der Waals surface area contributed by atoms with E-state index in [0.717, 1.165) is 18.7 Å². The molecule has 1 heterocycles. The largest absolute Gasteiger partial charge is 0.507 e. The number of benzene rings is 1. The number of nitrogens with zero attached hydrogens (tertiary/aromatic N) is 3. The van der Waals surface area contributed by atoms with Crippen LogP contribution in [-0.4, -0.2) is 77.4 Å². The Balaban J connectivity index is 1.90. The Morgan fingerprint density at radius 2 is 1.75 bits per heavy atom. The van der Waals surface area contributed by atoms with Crippen molar-refractivity contribution in [1.29, 1.82) is 0 Å². The Kier molecular flexibility index (Phi) is 6.20. The summed E-state index contributed by atoms with van der Waals surface area (Å²) < 4.78 is 0. The fourth-order valence-corrected chi connectivity index (χ4v) is 2.97. The van der Waals surface area contributed by atoms with Crippen molar-refractivity contribution in [2.75, 3.05) is 45.8 Å². The van der Waals surface area contributed by atoms with Crippen LogP contribution in [0.5, 0.6) is 5.75 Å². The lowest BCUT2D eigenvalue weighted by Gasteiger charge is -2.35. The van der Waals surface area contributed by atoms with Gasteiger partial charge in [0.2, 0.25) is 5.91 Å². The zero-order chi connectivity index (χ0) is 17.7. The number of aryl methyl sites for hydroxylation is 1. The molecule has 1 aromatic rings. The Hall–Kier alpha value is -2.08. The first-order valence-electron chi connectivity index (χ1n) is 8.55. The van der Waals surface area contributed by atoms with E-state index in [1.165, 1.54) is 0 Å². The van der Waals surface area contributed by atoms with Crippen LogP contribution in [0.4, 0.5) is 0 Å². The van der Waals surface area contributed by atoms with E-state index in [9.17, 15) is 14.7 Å². The van der Waals surface area contributed by atoms with Crippen molar-refractivity contribution >= 4 is 11.8 Å². The normalized spacial score (nSPS) is 15.4. The van der Waals surface area contributed by atoms with Crippen molar-refractivity contribution in [2.24, 2.45) is 0 Å². The minimum absolute atomic E-state index is 0.0270. The smallest absolute Gasteiger partial charge is 0.257 e. The molecule has 24 heavy (non-hydrogen) atoms. The second-order valence-electron chi connectivity index (χ2n) is 6.15. The molecule has 132 valence electrons. The minimum Gasteiger partial charge on any atom is -0.507 e. The average Bonchev–Trinajstić information content (AvgIpc) is 2.56. The molecule has 0 bridgehead atoms. The number of carbonyl (C=O) groups is 2. The number of phenols is 1. The molecule has 2 amide bonds. The van der Waals surface area contributed by atoms with Crippen LogP contribution < -0.4 is 0 Å². The van der Waals surface area contributed by atoms with Gasteiger partial charge in [0.1, 0.15) is 5.75 Å². The van der Waals surface area contributed by atoms with Crippen LogP contribution in [0.2, 0.25) is 0 Å². The van der Waals surface area contributed by atoms with Crippen molar-refractivity contribution in [3.8, 4) is 5.75 Å². The highest BCUT2D eigenvalue weighted by atomic mass is 16.3. The summed E-state index contributed by atoms with van der Waals surface area (Å²) in [6.07, 6.45) is 0. The van der Waals surface area contributed by atoms with Crippen LogP contribution in [0.3, 0.4) is 0 Å². The van der Waals surface area contributed by atoms with Gasteiger partial charge in [0.25, 0.3) is 5.91 Å². The maximum Gasteiger partial charge on any atom is 0.257 e. The molecule has 2 rings (SSSR count). The Morgan fingerprint density at radius 1 is 1.12 bits per heavy atom. The molecule has 0 aromatic heterocycles. The zero-order valence-electron chi connectivity index (χ0n) is 14.8. The number of piperazine rings is 1. The molecule has 0 aliphatic carbocycles. The Labute approximate surface area is 143 Å². The third-order valence-electron chi connectivity index (χ3n) is 4.52.